The molecule has 2 aliphatic rings. The fourth-order valence-corrected chi connectivity index (χ4v) is 4.85. The number of anilines is 2. The van der Waals surface area contributed by atoms with E-state index >= 15 is 0 Å². The molecule has 2 aliphatic heterocycles. The third-order valence-corrected chi connectivity index (χ3v) is 6.72. The Bertz CT molecular complexity index is 1230. The van der Waals surface area contributed by atoms with E-state index in [-0.39, 0.29) is 17.6 Å². The lowest BCUT2D eigenvalue weighted by Gasteiger charge is -2.37. The number of hydrogen-bond donors (Lipinski definition) is 1. The van der Waals surface area contributed by atoms with Crippen LogP contribution in [0.1, 0.15) is 29.8 Å². The second-order valence-corrected chi connectivity index (χ2v) is 8.94. The van der Waals surface area contributed by atoms with Crippen LogP contribution in [0.2, 0.25) is 0 Å². The molecule has 9 heteroatoms. The number of halogens is 1. The summed E-state index contributed by atoms with van der Waals surface area (Å²) in [6.45, 7) is 4.61. The molecule has 1 aromatic heterocycles. The van der Waals surface area contributed by atoms with Crippen LogP contribution in [0.5, 0.6) is 0 Å². The first-order valence-electron chi connectivity index (χ1n) is 12.2. The smallest absolute Gasteiger partial charge is 0.272 e. The van der Waals surface area contributed by atoms with Crippen molar-refractivity contribution in [1.29, 1.82) is 0 Å². The summed E-state index contributed by atoms with van der Waals surface area (Å²) in [5, 5.41) is 13.3. The van der Waals surface area contributed by atoms with Crippen LogP contribution >= 0.6 is 0 Å². The minimum absolute atomic E-state index is 0.193. The number of carbonyl (C=O) groups excluding carboxylic acids is 2. The van der Waals surface area contributed by atoms with E-state index in [0.29, 0.717) is 63.5 Å². The van der Waals surface area contributed by atoms with E-state index in [1.54, 1.807) is 12.1 Å². The molecular weight excluding hydrogens is 447 g/mol. The summed E-state index contributed by atoms with van der Waals surface area (Å²) in [5.41, 5.74) is 0.913. The van der Waals surface area contributed by atoms with Gasteiger partial charge < -0.3 is 20.0 Å². The first-order valence-corrected chi connectivity index (χ1v) is 12.2. The highest BCUT2D eigenvalue weighted by Gasteiger charge is 2.24. The summed E-state index contributed by atoms with van der Waals surface area (Å²) < 4.78 is 14.2. The van der Waals surface area contributed by atoms with Gasteiger partial charge in [-0.15, -0.1) is 10.2 Å². The van der Waals surface area contributed by atoms with Gasteiger partial charge in [0.25, 0.3) is 5.91 Å². The number of likely N-dealkylation sites (tertiary alicyclic amines) is 1. The molecule has 3 heterocycles. The number of benzene rings is 2. The molecule has 0 saturated carbocycles. The summed E-state index contributed by atoms with van der Waals surface area (Å²) in [7, 11) is 0. The van der Waals surface area contributed by atoms with Crippen molar-refractivity contribution in [2.24, 2.45) is 0 Å². The van der Waals surface area contributed by atoms with E-state index in [4.69, 9.17) is 0 Å². The molecule has 0 unspecified atom stereocenters. The van der Waals surface area contributed by atoms with Crippen LogP contribution in [0.3, 0.4) is 0 Å². The standard InChI is InChI=1S/C26H29FN6O2/c27-21-9-3-4-10-22(21)31-15-17-33(18-16-31)25-20-8-2-1-7-19(20)24(29-30-25)26(35)28-12-6-14-32-13-5-11-23(32)34/h1-4,7-10H,5-6,11-18H2,(H,28,35). The molecule has 0 spiro atoms. The highest BCUT2D eigenvalue weighted by Crippen LogP contribution is 2.28. The average Bonchev–Trinajstić information content (AvgIpc) is 3.30. The maximum absolute atomic E-state index is 14.2. The van der Waals surface area contributed by atoms with Crippen LogP contribution in [0.4, 0.5) is 15.9 Å². The number of aromatic nitrogens is 2. The topological polar surface area (TPSA) is 81.7 Å². The average molecular weight is 477 g/mol. The molecular formula is C26H29FN6O2. The van der Waals surface area contributed by atoms with Gasteiger partial charge in [-0.05, 0) is 25.0 Å². The lowest BCUT2D eigenvalue weighted by atomic mass is 10.1. The molecule has 1 N–H and O–H groups in total. The Balaban J connectivity index is 1.25. The number of nitrogens with zero attached hydrogens (tertiary/aromatic N) is 5. The Labute approximate surface area is 203 Å². The van der Waals surface area contributed by atoms with Gasteiger partial charge >= 0.3 is 0 Å². The number of rotatable bonds is 7. The van der Waals surface area contributed by atoms with Crippen LogP contribution < -0.4 is 15.1 Å². The molecule has 5 rings (SSSR count). The SMILES string of the molecule is O=C(NCCCN1CCCC1=O)c1nnc(N2CCN(c3ccccc3F)CC2)c2ccccc12. The monoisotopic (exact) mass is 476 g/mol. The molecule has 2 aromatic carbocycles. The zero-order valence-electron chi connectivity index (χ0n) is 19.6. The Morgan fingerprint density at radius 2 is 1.63 bits per heavy atom. The minimum Gasteiger partial charge on any atom is -0.366 e. The predicted octanol–water partition coefficient (Wildman–Crippen LogP) is 2.84. The Morgan fingerprint density at radius 3 is 2.37 bits per heavy atom. The van der Waals surface area contributed by atoms with Crippen molar-refractivity contribution in [3.8, 4) is 0 Å². The van der Waals surface area contributed by atoms with E-state index in [0.717, 1.165) is 29.6 Å². The van der Waals surface area contributed by atoms with Crippen LogP contribution in [0, 0.1) is 5.82 Å². The van der Waals surface area contributed by atoms with Gasteiger partial charge in [-0.1, -0.05) is 36.4 Å². The zero-order valence-corrected chi connectivity index (χ0v) is 19.6. The Morgan fingerprint density at radius 1 is 0.914 bits per heavy atom. The number of para-hydroxylation sites is 1. The molecule has 0 aliphatic carbocycles. The van der Waals surface area contributed by atoms with Crippen molar-refractivity contribution in [1.82, 2.24) is 20.4 Å². The number of fused-ring (bicyclic) bond motifs is 1. The number of piperazine rings is 1. The maximum Gasteiger partial charge on any atom is 0.272 e. The van der Waals surface area contributed by atoms with Crippen molar-refractivity contribution in [2.45, 2.75) is 19.3 Å². The number of carbonyl (C=O) groups is 2. The fraction of sp³-hybridized carbons (Fsp3) is 0.385. The molecule has 2 fully saturated rings. The third-order valence-electron chi connectivity index (χ3n) is 6.72. The normalized spacial score (nSPS) is 16.3. The number of nitrogens with one attached hydrogen (secondary N) is 1. The van der Waals surface area contributed by atoms with Crippen LogP contribution in [-0.2, 0) is 4.79 Å². The molecule has 35 heavy (non-hydrogen) atoms. The fourth-order valence-electron chi connectivity index (χ4n) is 4.85. The van der Waals surface area contributed by atoms with Crippen molar-refractivity contribution in [3.63, 3.8) is 0 Å². The molecule has 0 bridgehead atoms. The van der Waals surface area contributed by atoms with Gasteiger partial charge in [0.1, 0.15) is 5.82 Å². The van der Waals surface area contributed by atoms with Gasteiger partial charge in [0.2, 0.25) is 5.91 Å². The van der Waals surface area contributed by atoms with Crippen molar-refractivity contribution >= 4 is 34.1 Å². The van der Waals surface area contributed by atoms with Gasteiger partial charge in [-0.3, -0.25) is 9.59 Å². The number of amides is 2. The number of hydrogen-bond acceptors (Lipinski definition) is 6. The highest BCUT2D eigenvalue weighted by atomic mass is 19.1. The van der Waals surface area contributed by atoms with Gasteiger partial charge in [0.15, 0.2) is 11.5 Å². The van der Waals surface area contributed by atoms with E-state index < -0.39 is 0 Å². The summed E-state index contributed by atoms with van der Waals surface area (Å²) >= 11 is 0. The van der Waals surface area contributed by atoms with Gasteiger partial charge in [-0.2, -0.15) is 0 Å². The lowest BCUT2D eigenvalue weighted by Crippen LogP contribution is -2.47. The second kappa shape index (κ2) is 10.2. The largest absolute Gasteiger partial charge is 0.366 e. The summed E-state index contributed by atoms with van der Waals surface area (Å²) in [6.07, 6.45) is 2.24. The Kier molecular flexibility index (Phi) is 6.74. The van der Waals surface area contributed by atoms with E-state index in [9.17, 15) is 14.0 Å². The molecule has 0 atom stereocenters. The van der Waals surface area contributed by atoms with Crippen LogP contribution in [0.15, 0.2) is 48.5 Å². The van der Waals surface area contributed by atoms with E-state index in [1.165, 1.54) is 6.07 Å². The third kappa shape index (κ3) is 4.89. The lowest BCUT2D eigenvalue weighted by molar-refractivity contribution is -0.127. The molecule has 2 saturated heterocycles. The van der Waals surface area contributed by atoms with Gasteiger partial charge in [0, 0.05) is 63.0 Å². The van der Waals surface area contributed by atoms with Gasteiger partial charge in [0.05, 0.1) is 5.69 Å². The molecule has 3 aromatic rings. The van der Waals surface area contributed by atoms with Crippen molar-refractivity contribution in [3.05, 3.63) is 60.0 Å². The highest BCUT2D eigenvalue weighted by molar-refractivity contribution is 6.07. The first kappa shape index (κ1) is 23.0. The quantitative estimate of drug-likeness (QED) is 0.528. The molecule has 2 amide bonds. The molecule has 8 nitrogen and oxygen atoms in total. The van der Waals surface area contributed by atoms with Crippen LogP contribution in [-0.4, -0.2) is 72.7 Å². The Hall–Kier alpha value is -3.75. The molecule has 0 radical (unpaired) electrons. The second-order valence-electron chi connectivity index (χ2n) is 8.94. The predicted molar refractivity (Wildman–Crippen MR) is 133 cm³/mol. The summed E-state index contributed by atoms with van der Waals surface area (Å²) in [5.74, 6) is 0.447. The van der Waals surface area contributed by atoms with Gasteiger partial charge in [-0.25, -0.2) is 4.39 Å². The maximum atomic E-state index is 14.2. The van der Waals surface area contributed by atoms with E-state index in [1.807, 2.05) is 40.1 Å². The molecule has 182 valence electrons. The van der Waals surface area contributed by atoms with Crippen molar-refractivity contribution in [2.75, 3.05) is 55.6 Å². The first-order chi connectivity index (χ1) is 17.1. The summed E-state index contributed by atoms with van der Waals surface area (Å²) in [6, 6.07) is 14.5. The minimum atomic E-state index is -0.266. The van der Waals surface area contributed by atoms with E-state index in [2.05, 4.69) is 20.4 Å². The van der Waals surface area contributed by atoms with Crippen LogP contribution in [0.25, 0.3) is 10.8 Å². The summed E-state index contributed by atoms with van der Waals surface area (Å²) in [4.78, 5) is 30.7. The van der Waals surface area contributed by atoms with Crippen molar-refractivity contribution < 1.29 is 14.0 Å². The zero-order chi connectivity index (χ0) is 24.2.